The number of hydrogen-bond donors (Lipinski definition) is 2. The zero-order valence-corrected chi connectivity index (χ0v) is 8.14. The SMILES string of the molecule is NCC1CCc2cc(Cl)ccc2N1. The molecule has 0 aliphatic carbocycles. The molecule has 3 heteroatoms. The van der Waals surface area contributed by atoms with E-state index < -0.39 is 0 Å². The molecule has 0 amide bonds. The van der Waals surface area contributed by atoms with E-state index in [4.69, 9.17) is 17.3 Å². The van der Waals surface area contributed by atoms with Gasteiger partial charge in [0.15, 0.2) is 0 Å². The molecule has 1 heterocycles. The van der Waals surface area contributed by atoms with Crippen LogP contribution < -0.4 is 11.1 Å². The number of rotatable bonds is 1. The topological polar surface area (TPSA) is 38.0 Å². The molecule has 1 aliphatic heterocycles. The van der Waals surface area contributed by atoms with Crippen molar-refractivity contribution in [2.24, 2.45) is 5.73 Å². The third-order valence-electron chi connectivity index (χ3n) is 2.47. The molecule has 1 unspecified atom stereocenters. The van der Waals surface area contributed by atoms with Crippen molar-refractivity contribution in [3.63, 3.8) is 0 Å². The van der Waals surface area contributed by atoms with Crippen LogP contribution in [0.5, 0.6) is 0 Å². The van der Waals surface area contributed by atoms with Crippen molar-refractivity contribution in [2.75, 3.05) is 11.9 Å². The fourth-order valence-corrected chi connectivity index (χ4v) is 1.90. The van der Waals surface area contributed by atoms with E-state index in [0.717, 1.165) is 17.9 Å². The summed E-state index contributed by atoms with van der Waals surface area (Å²) < 4.78 is 0. The second kappa shape index (κ2) is 3.56. The van der Waals surface area contributed by atoms with Gasteiger partial charge in [0.2, 0.25) is 0 Å². The Morgan fingerprint density at radius 3 is 3.15 bits per heavy atom. The van der Waals surface area contributed by atoms with E-state index >= 15 is 0 Å². The summed E-state index contributed by atoms with van der Waals surface area (Å²) in [5, 5.41) is 4.20. The van der Waals surface area contributed by atoms with Gasteiger partial charge in [-0.3, -0.25) is 0 Å². The smallest absolute Gasteiger partial charge is 0.0410 e. The lowest BCUT2D eigenvalue weighted by Gasteiger charge is -2.25. The molecule has 2 rings (SSSR count). The van der Waals surface area contributed by atoms with Crippen LogP contribution in [0.15, 0.2) is 18.2 Å². The number of hydrogen-bond acceptors (Lipinski definition) is 2. The van der Waals surface area contributed by atoms with Crippen LogP contribution in [0.2, 0.25) is 5.02 Å². The van der Waals surface area contributed by atoms with Gasteiger partial charge in [-0.1, -0.05) is 11.6 Å². The van der Waals surface area contributed by atoms with Crippen molar-refractivity contribution in [3.05, 3.63) is 28.8 Å². The minimum absolute atomic E-state index is 0.425. The van der Waals surface area contributed by atoms with Crippen molar-refractivity contribution < 1.29 is 0 Å². The van der Waals surface area contributed by atoms with Crippen LogP contribution in [0.3, 0.4) is 0 Å². The van der Waals surface area contributed by atoms with Crippen LogP contribution in [0.25, 0.3) is 0 Å². The van der Waals surface area contributed by atoms with Gasteiger partial charge in [0.05, 0.1) is 0 Å². The molecule has 1 aromatic rings. The highest BCUT2D eigenvalue weighted by Gasteiger charge is 2.15. The Balaban J connectivity index is 2.26. The summed E-state index contributed by atoms with van der Waals surface area (Å²) in [5.41, 5.74) is 8.09. The Morgan fingerprint density at radius 1 is 1.54 bits per heavy atom. The number of aryl methyl sites for hydroxylation is 1. The Hall–Kier alpha value is -0.730. The van der Waals surface area contributed by atoms with Crippen molar-refractivity contribution in [3.8, 4) is 0 Å². The predicted octanol–water partition coefficient (Wildman–Crippen LogP) is 2.03. The second-order valence-corrected chi connectivity index (χ2v) is 3.85. The maximum absolute atomic E-state index is 5.89. The molecule has 1 atom stereocenters. The molecule has 0 saturated carbocycles. The fraction of sp³-hybridized carbons (Fsp3) is 0.400. The Kier molecular flexibility index (Phi) is 2.42. The molecule has 2 nitrogen and oxygen atoms in total. The molecule has 13 heavy (non-hydrogen) atoms. The quantitative estimate of drug-likeness (QED) is 0.722. The number of nitrogens with two attached hydrogens (primary N) is 1. The molecule has 1 aliphatic rings. The van der Waals surface area contributed by atoms with Gasteiger partial charge in [-0.25, -0.2) is 0 Å². The van der Waals surface area contributed by atoms with Crippen LogP contribution in [0.1, 0.15) is 12.0 Å². The summed E-state index contributed by atoms with van der Waals surface area (Å²) in [7, 11) is 0. The van der Waals surface area contributed by atoms with Crippen molar-refractivity contribution >= 4 is 17.3 Å². The minimum atomic E-state index is 0.425. The number of anilines is 1. The van der Waals surface area contributed by atoms with Crippen LogP contribution in [-0.4, -0.2) is 12.6 Å². The number of benzene rings is 1. The minimum Gasteiger partial charge on any atom is -0.381 e. The number of halogens is 1. The first-order valence-electron chi connectivity index (χ1n) is 4.54. The molecule has 0 spiro atoms. The monoisotopic (exact) mass is 196 g/mol. The van der Waals surface area contributed by atoms with Crippen molar-refractivity contribution in [1.82, 2.24) is 0 Å². The van der Waals surface area contributed by atoms with E-state index in [9.17, 15) is 0 Å². The molecular formula is C10H13ClN2. The van der Waals surface area contributed by atoms with E-state index in [-0.39, 0.29) is 0 Å². The molecule has 0 radical (unpaired) electrons. The predicted molar refractivity (Wildman–Crippen MR) is 56.2 cm³/mol. The summed E-state index contributed by atoms with van der Waals surface area (Å²) >= 11 is 5.89. The summed E-state index contributed by atoms with van der Waals surface area (Å²) in [5.74, 6) is 0. The number of fused-ring (bicyclic) bond motifs is 1. The number of nitrogens with one attached hydrogen (secondary N) is 1. The molecule has 0 fully saturated rings. The highest BCUT2D eigenvalue weighted by Crippen LogP contribution is 2.26. The van der Waals surface area contributed by atoms with Crippen LogP contribution in [0, 0.1) is 0 Å². The highest BCUT2D eigenvalue weighted by molar-refractivity contribution is 6.30. The van der Waals surface area contributed by atoms with Crippen molar-refractivity contribution in [2.45, 2.75) is 18.9 Å². The Morgan fingerprint density at radius 2 is 2.38 bits per heavy atom. The zero-order valence-electron chi connectivity index (χ0n) is 7.39. The largest absolute Gasteiger partial charge is 0.381 e. The van der Waals surface area contributed by atoms with Gasteiger partial charge >= 0.3 is 0 Å². The standard InChI is InChI=1S/C10H13ClN2/c11-8-2-4-10-7(5-8)1-3-9(6-12)13-10/h2,4-5,9,13H,1,3,6,12H2. The molecule has 70 valence electrons. The van der Waals surface area contributed by atoms with Gasteiger partial charge < -0.3 is 11.1 Å². The van der Waals surface area contributed by atoms with Crippen LogP contribution >= 0.6 is 11.6 Å². The van der Waals surface area contributed by atoms with Gasteiger partial charge in [0.25, 0.3) is 0 Å². The summed E-state index contributed by atoms with van der Waals surface area (Å²) in [6.45, 7) is 0.696. The first kappa shape index (κ1) is 8.85. The summed E-state index contributed by atoms with van der Waals surface area (Å²) in [4.78, 5) is 0. The second-order valence-electron chi connectivity index (χ2n) is 3.42. The van der Waals surface area contributed by atoms with Crippen LogP contribution in [-0.2, 0) is 6.42 Å². The van der Waals surface area contributed by atoms with Gasteiger partial charge in [-0.05, 0) is 36.6 Å². The third-order valence-corrected chi connectivity index (χ3v) is 2.71. The van der Waals surface area contributed by atoms with E-state index in [0.29, 0.717) is 12.6 Å². The van der Waals surface area contributed by atoms with E-state index in [1.54, 1.807) is 0 Å². The summed E-state index contributed by atoms with van der Waals surface area (Å²) in [6, 6.07) is 6.39. The third kappa shape index (κ3) is 1.79. The zero-order chi connectivity index (χ0) is 9.26. The highest BCUT2D eigenvalue weighted by atomic mass is 35.5. The fourth-order valence-electron chi connectivity index (χ4n) is 1.71. The average Bonchev–Trinajstić information content (AvgIpc) is 2.17. The molecular weight excluding hydrogens is 184 g/mol. The van der Waals surface area contributed by atoms with Gasteiger partial charge in [0, 0.05) is 23.3 Å². The lowest BCUT2D eigenvalue weighted by Crippen LogP contribution is -2.32. The lowest BCUT2D eigenvalue weighted by molar-refractivity contribution is 0.639. The molecule has 0 saturated heterocycles. The molecule has 1 aromatic carbocycles. The lowest BCUT2D eigenvalue weighted by atomic mass is 9.98. The molecule has 0 aromatic heterocycles. The Labute approximate surface area is 83.1 Å². The van der Waals surface area contributed by atoms with E-state index in [2.05, 4.69) is 5.32 Å². The molecule has 3 N–H and O–H groups in total. The maximum Gasteiger partial charge on any atom is 0.0410 e. The van der Waals surface area contributed by atoms with Crippen molar-refractivity contribution in [1.29, 1.82) is 0 Å². The van der Waals surface area contributed by atoms with Gasteiger partial charge in [-0.2, -0.15) is 0 Å². The Bertz CT molecular complexity index is 312. The van der Waals surface area contributed by atoms with E-state index in [1.807, 2.05) is 18.2 Å². The van der Waals surface area contributed by atoms with E-state index in [1.165, 1.54) is 11.3 Å². The first-order chi connectivity index (χ1) is 6.29. The van der Waals surface area contributed by atoms with Crippen LogP contribution in [0.4, 0.5) is 5.69 Å². The first-order valence-corrected chi connectivity index (χ1v) is 4.92. The molecule has 0 bridgehead atoms. The maximum atomic E-state index is 5.89. The summed E-state index contributed by atoms with van der Waals surface area (Å²) in [6.07, 6.45) is 2.18. The van der Waals surface area contributed by atoms with Gasteiger partial charge in [-0.15, -0.1) is 0 Å². The van der Waals surface area contributed by atoms with Gasteiger partial charge in [0.1, 0.15) is 0 Å². The average molecular weight is 197 g/mol. The normalized spacial score (nSPS) is 20.6.